The molecule has 124 valence electrons. The Morgan fingerprint density at radius 2 is 1.75 bits per heavy atom. The maximum absolute atomic E-state index is 13.4. The number of nitrogens with zero attached hydrogens (tertiary/aromatic N) is 4. The molecule has 0 spiro atoms. The molecular weight excluding hydrogens is 348 g/mol. The molecule has 0 amide bonds. The molecule has 2 aromatic heterocycles. The maximum Gasteiger partial charge on any atom is 0.282 e. The molecule has 0 saturated carbocycles. The van der Waals surface area contributed by atoms with E-state index in [4.69, 9.17) is 11.6 Å². The Morgan fingerprint density at radius 1 is 1.04 bits per heavy atom. The second kappa shape index (κ2) is 6.56. The van der Waals surface area contributed by atoms with Gasteiger partial charge in [-0.25, -0.2) is 27.5 Å². The van der Waals surface area contributed by atoms with Crippen LogP contribution in [0.1, 0.15) is 17.9 Å². The summed E-state index contributed by atoms with van der Waals surface area (Å²) in [6, 6.07) is 4.24. The van der Waals surface area contributed by atoms with Crippen molar-refractivity contribution in [1.82, 2.24) is 19.7 Å². The van der Waals surface area contributed by atoms with Crippen LogP contribution in [0.25, 0.3) is 11.3 Å². The monoisotopic (exact) mass is 356 g/mol. The van der Waals surface area contributed by atoms with Gasteiger partial charge in [0.15, 0.2) is 11.6 Å². The van der Waals surface area contributed by atoms with Crippen molar-refractivity contribution in [2.45, 2.75) is 13.0 Å². The van der Waals surface area contributed by atoms with E-state index < -0.39 is 23.8 Å². The van der Waals surface area contributed by atoms with Crippen LogP contribution in [0.2, 0.25) is 5.02 Å². The predicted octanol–water partition coefficient (Wildman–Crippen LogP) is 4.26. The molecule has 0 saturated heterocycles. The summed E-state index contributed by atoms with van der Waals surface area (Å²) in [5.74, 6) is -1.83. The second-order valence-electron chi connectivity index (χ2n) is 4.86. The fourth-order valence-electron chi connectivity index (χ4n) is 2.11. The van der Waals surface area contributed by atoms with Gasteiger partial charge in [-0.05, 0) is 24.3 Å². The number of halogens is 5. The van der Waals surface area contributed by atoms with Crippen LogP contribution in [-0.4, -0.2) is 19.7 Å². The van der Waals surface area contributed by atoms with Crippen LogP contribution in [0.3, 0.4) is 0 Å². The Balaban J connectivity index is 2.03. The smallest absolute Gasteiger partial charge is 0.257 e. The highest BCUT2D eigenvalue weighted by Gasteiger charge is 2.18. The summed E-state index contributed by atoms with van der Waals surface area (Å²) in [4.78, 5) is 7.94. The summed E-state index contributed by atoms with van der Waals surface area (Å²) in [6.07, 6.45) is -0.0847. The minimum Gasteiger partial charge on any atom is -0.257 e. The molecule has 0 atom stereocenters. The molecule has 0 bridgehead atoms. The van der Waals surface area contributed by atoms with Crippen LogP contribution >= 0.6 is 11.6 Å². The van der Waals surface area contributed by atoms with Crippen molar-refractivity contribution in [2.24, 2.45) is 0 Å². The van der Waals surface area contributed by atoms with Crippen molar-refractivity contribution in [3.8, 4) is 11.3 Å². The van der Waals surface area contributed by atoms with Crippen molar-refractivity contribution < 1.29 is 17.6 Å². The van der Waals surface area contributed by atoms with E-state index in [2.05, 4.69) is 15.1 Å². The van der Waals surface area contributed by atoms with Gasteiger partial charge >= 0.3 is 0 Å². The van der Waals surface area contributed by atoms with Crippen LogP contribution in [0.5, 0.6) is 0 Å². The topological polar surface area (TPSA) is 43.6 Å². The molecule has 0 aliphatic heterocycles. The molecule has 0 N–H and O–H groups in total. The largest absolute Gasteiger partial charge is 0.282 e. The zero-order valence-corrected chi connectivity index (χ0v) is 12.7. The molecule has 9 heteroatoms. The molecule has 2 heterocycles. The zero-order chi connectivity index (χ0) is 17.3. The van der Waals surface area contributed by atoms with Crippen LogP contribution in [0.4, 0.5) is 17.6 Å². The highest BCUT2D eigenvalue weighted by atomic mass is 35.5. The summed E-state index contributed by atoms with van der Waals surface area (Å²) < 4.78 is 53.6. The molecule has 0 unspecified atom stereocenters. The van der Waals surface area contributed by atoms with Crippen LogP contribution in [-0.2, 0) is 6.54 Å². The number of benzene rings is 1. The lowest BCUT2D eigenvalue weighted by atomic mass is 10.1. The molecule has 0 fully saturated rings. The molecule has 3 aromatic rings. The van der Waals surface area contributed by atoms with Gasteiger partial charge in [-0.1, -0.05) is 11.6 Å². The number of aromatic nitrogens is 4. The van der Waals surface area contributed by atoms with Gasteiger partial charge in [-0.15, -0.1) is 0 Å². The van der Waals surface area contributed by atoms with Crippen molar-refractivity contribution in [1.29, 1.82) is 0 Å². The molecule has 3 rings (SSSR count). The van der Waals surface area contributed by atoms with Gasteiger partial charge in [0, 0.05) is 18.0 Å². The minimum absolute atomic E-state index is 0.0295. The Hall–Kier alpha value is -2.48. The van der Waals surface area contributed by atoms with E-state index in [0.717, 1.165) is 18.2 Å². The minimum atomic E-state index is -2.80. The summed E-state index contributed by atoms with van der Waals surface area (Å²) in [5, 5.41) is 4.12. The van der Waals surface area contributed by atoms with E-state index in [0.29, 0.717) is 5.02 Å². The van der Waals surface area contributed by atoms with Gasteiger partial charge < -0.3 is 0 Å². The third kappa shape index (κ3) is 3.38. The van der Waals surface area contributed by atoms with Crippen molar-refractivity contribution in [3.63, 3.8) is 0 Å². The van der Waals surface area contributed by atoms with Crippen LogP contribution in [0.15, 0.2) is 36.7 Å². The van der Waals surface area contributed by atoms with Gasteiger partial charge in [0.05, 0.1) is 10.7 Å². The standard InChI is InChI=1S/C15H9ClF4N4/c16-9-5-21-14(22-6-9)7-24-13(4-12(23-24)15(19)20)8-1-2-10(17)11(18)3-8/h1-6,15H,7H2. The Kier molecular flexibility index (Phi) is 4.48. The molecular formula is C15H9ClF4N4. The molecule has 1 aromatic carbocycles. The predicted molar refractivity (Wildman–Crippen MR) is 78.7 cm³/mol. The van der Waals surface area contributed by atoms with Crippen molar-refractivity contribution >= 4 is 11.6 Å². The quantitative estimate of drug-likeness (QED) is 0.656. The van der Waals surface area contributed by atoms with Gasteiger partial charge in [0.25, 0.3) is 6.43 Å². The third-order valence-electron chi connectivity index (χ3n) is 3.20. The SMILES string of the molecule is Fc1ccc(-c2cc(C(F)F)nn2Cc2ncc(Cl)cn2)cc1F. The summed E-state index contributed by atoms with van der Waals surface area (Å²) in [7, 11) is 0. The summed E-state index contributed by atoms with van der Waals surface area (Å²) in [6.45, 7) is -0.0295. The number of alkyl halides is 2. The fourth-order valence-corrected chi connectivity index (χ4v) is 2.20. The molecule has 4 nitrogen and oxygen atoms in total. The van der Waals surface area contributed by atoms with Gasteiger partial charge in [0.2, 0.25) is 0 Å². The molecule has 0 aliphatic carbocycles. The van der Waals surface area contributed by atoms with E-state index in [1.807, 2.05) is 0 Å². The maximum atomic E-state index is 13.4. The number of hydrogen-bond acceptors (Lipinski definition) is 3. The van der Waals surface area contributed by atoms with E-state index in [1.165, 1.54) is 23.1 Å². The second-order valence-corrected chi connectivity index (χ2v) is 5.30. The van der Waals surface area contributed by atoms with E-state index >= 15 is 0 Å². The summed E-state index contributed by atoms with van der Waals surface area (Å²) in [5.41, 5.74) is -0.0753. The first kappa shape index (κ1) is 16.4. The first-order valence-electron chi connectivity index (χ1n) is 6.72. The first-order chi connectivity index (χ1) is 11.4. The molecule has 24 heavy (non-hydrogen) atoms. The summed E-state index contributed by atoms with van der Waals surface area (Å²) >= 11 is 5.70. The number of rotatable bonds is 4. The average Bonchev–Trinajstić information content (AvgIpc) is 2.96. The molecule has 0 aliphatic rings. The van der Waals surface area contributed by atoms with E-state index in [9.17, 15) is 17.6 Å². The average molecular weight is 357 g/mol. The van der Waals surface area contributed by atoms with E-state index in [-0.39, 0.29) is 23.6 Å². The zero-order valence-electron chi connectivity index (χ0n) is 11.9. The van der Waals surface area contributed by atoms with Crippen molar-refractivity contribution in [2.75, 3.05) is 0 Å². The van der Waals surface area contributed by atoms with Gasteiger partial charge in [0.1, 0.15) is 18.1 Å². The third-order valence-corrected chi connectivity index (χ3v) is 3.40. The highest BCUT2D eigenvalue weighted by molar-refractivity contribution is 6.30. The first-order valence-corrected chi connectivity index (χ1v) is 7.09. The van der Waals surface area contributed by atoms with Gasteiger partial charge in [-0.2, -0.15) is 5.10 Å². The Bertz CT molecular complexity index is 864. The van der Waals surface area contributed by atoms with Crippen LogP contribution in [0, 0.1) is 11.6 Å². The Morgan fingerprint density at radius 3 is 2.38 bits per heavy atom. The fraction of sp³-hybridized carbons (Fsp3) is 0.133. The lowest BCUT2D eigenvalue weighted by molar-refractivity contribution is 0.145. The van der Waals surface area contributed by atoms with E-state index in [1.54, 1.807) is 0 Å². The highest BCUT2D eigenvalue weighted by Crippen LogP contribution is 2.27. The van der Waals surface area contributed by atoms with Crippen molar-refractivity contribution in [3.05, 3.63) is 64.8 Å². The number of hydrogen-bond donors (Lipinski definition) is 0. The lowest BCUT2D eigenvalue weighted by Crippen LogP contribution is -2.07. The van der Waals surface area contributed by atoms with Gasteiger partial charge in [-0.3, -0.25) is 4.68 Å². The normalized spacial score (nSPS) is 11.2. The molecule has 0 radical (unpaired) electrons. The lowest BCUT2D eigenvalue weighted by Gasteiger charge is -2.07. The Labute approximate surface area is 138 Å². The van der Waals surface area contributed by atoms with Crippen LogP contribution < -0.4 is 0 Å².